The van der Waals surface area contributed by atoms with Gasteiger partial charge in [-0.25, -0.2) is 0 Å². The molecular formula is C17H13F3N4OS. The predicted molar refractivity (Wildman–Crippen MR) is 94.2 cm³/mol. The summed E-state index contributed by atoms with van der Waals surface area (Å²) in [5.74, 6) is 0.746. The molecule has 9 heteroatoms. The van der Waals surface area contributed by atoms with Crippen LogP contribution in [-0.4, -0.2) is 15.3 Å². The van der Waals surface area contributed by atoms with Crippen molar-refractivity contribution < 1.29 is 17.7 Å². The van der Waals surface area contributed by atoms with Crippen LogP contribution in [0.4, 0.5) is 18.9 Å². The molecule has 0 aliphatic rings. The molecule has 0 aliphatic carbocycles. The average Bonchev–Trinajstić information content (AvgIpc) is 3.09. The van der Waals surface area contributed by atoms with Crippen molar-refractivity contribution in [3.63, 3.8) is 0 Å². The van der Waals surface area contributed by atoms with Crippen molar-refractivity contribution in [2.45, 2.75) is 12.7 Å². The molecule has 0 atom stereocenters. The van der Waals surface area contributed by atoms with Gasteiger partial charge < -0.3 is 15.2 Å². The Labute approximate surface area is 152 Å². The fourth-order valence-corrected chi connectivity index (χ4v) is 2.33. The van der Waals surface area contributed by atoms with Crippen molar-refractivity contribution in [3.8, 4) is 11.4 Å². The SMILES string of the molecule is FC(F)(F)c1cccc(NC(=S)NCc2nc(-c3ccccc3)no2)c1. The van der Waals surface area contributed by atoms with E-state index >= 15 is 0 Å². The van der Waals surface area contributed by atoms with Gasteiger partial charge in [-0.05, 0) is 30.4 Å². The molecule has 2 aromatic carbocycles. The van der Waals surface area contributed by atoms with Gasteiger partial charge in [0.15, 0.2) is 5.11 Å². The third kappa shape index (κ3) is 4.57. The van der Waals surface area contributed by atoms with E-state index in [1.165, 1.54) is 12.1 Å². The van der Waals surface area contributed by atoms with Crippen LogP contribution >= 0.6 is 12.2 Å². The molecule has 0 saturated heterocycles. The Balaban J connectivity index is 1.57. The largest absolute Gasteiger partial charge is 0.416 e. The standard InChI is InChI=1S/C17H13F3N4OS/c18-17(19,20)12-7-4-8-13(9-12)22-16(26)21-10-14-23-15(24-25-14)11-5-2-1-3-6-11/h1-9H,10H2,(H2,21,22,26). The molecule has 134 valence electrons. The lowest BCUT2D eigenvalue weighted by atomic mass is 10.2. The molecule has 0 unspecified atom stereocenters. The van der Waals surface area contributed by atoms with Gasteiger partial charge in [0, 0.05) is 11.3 Å². The molecule has 26 heavy (non-hydrogen) atoms. The minimum atomic E-state index is -4.41. The Hall–Kier alpha value is -2.94. The van der Waals surface area contributed by atoms with E-state index in [1.54, 1.807) is 0 Å². The molecule has 0 radical (unpaired) electrons. The smallest absolute Gasteiger partial charge is 0.353 e. The number of alkyl halides is 3. The van der Waals surface area contributed by atoms with Crippen molar-refractivity contribution in [1.82, 2.24) is 15.5 Å². The highest BCUT2D eigenvalue weighted by atomic mass is 32.1. The van der Waals surface area contributed by atoms with Crippen LogP contribution in [0.25, 0.3) is 11.4 Å². The predicted octanol–water partition coefficient (Wildman–Crippen LogP) is 4.24. The number of halogens is 3. The van der Waals surface area contributed by atoms with Crippen molar-refractivity contribution in [3.05, 3.63) is 66.1 Å². The summed E-state index contributed by atoms with van der Waals surface area (Å²) in [4.78, 5) is 4.23. The minimum absolute atomic E-state index is 0.142. The number of hydrogen-bond acceptors (Lipinski definition) is 4. The van der Waals surface area contributed by atoms with Gasteiger partial charge in [-0.2, -0.15) is 18.2 Å². The van der Waals surface area contributed by atoms with Crippen molar-refractivity contribution >= 4 is 23.0 Å². The van der Waals surface area contributed by atoms with Gasteiger partial charge in [0.2, 0.25) is 11.7 Å². The summed E-state index contributed by atoms with van der Waals surface area (Å²) in [5.41, 5.74) is 0.287. The van der Waals surface area contributed by atoms with E-state index in [9.17, 15) is 13.2 Å². The van der Waals surface area contributed by atoms with E-state index in [1.807, 2.05) is 30.3 Å². The van der Waals surface area contributed by atoms with Crippen molar-refractivity contribution in [2.24, 2.45) is 0 Å². The van der Waals surface area contributed by atoms with Crippen LogP contribution < -0.4 is 10.6 Å². The van der Waals surface area contributed by atoms with E-state index in [2.05, 4.69) is 20.8 Å². The molecular weight excluding hydrogens is 365 g/mol. The molecule has 1 heterocycles. The Morgan fingerprint density at radius 2 is 1.85 bits per heavy atom. The first-order valence-electron chi connectivity index (χ1n) is 7.52. The third-order valence-electron chi connectivity index (χ3n) is 3.35. The number of hydrogen-bond donors (Lipinski definition) is 2. The maximum absolute atomic E-state index is 12.7. The first kappa shape index (κ1) is 17.9. The molecule has 2 N–H and O–H groups in total. The molecule has 0 spiro atoms. The van der Waals surface area contributed by atoms with E-state index in [-0.39, 0.29) is 17.3 Å². The van der Waals surface area contributed by atoms with Gasteiger partial charge >= 0.3 is 6.18 Å². The molecule has 3 rings (SSSR count). The summed E-state index contributed by atoms with van der Waals surface area (Å²) in [7, 11) is 0. The van der Waals surface area contributed by atoms with Crippen molar-refractivity contribution in [1.29, 1.82) is 0 Å². The number of nitrogens with one attached hydrogen (secondary N) is 2. The lowest BCUT2D eigenvalue weighted by Crippen LogP contribution is -2.28. The summed E-state index contributed by atoms with van der Waals surface area (Å²) in [6.45, 7) is 0.143. The van der Waals surface area contributed by atoms with Gasteiger partial charge in [-0.15, -0.1) is 0 Å². The zero-order valence-electron chi connectivity index (χ0n) is 13.2. The maximum Gasteiger partial charge on any atom is 0.416 e. The molecule has 3 aromatic rings. The number of aromatic nitrogens is 2. The normalized spacial score (nSPS) is 11.2. The third-order valence-corrected chi connectivity index (χ3v) is 3.59. The number of nitrogens with zero attached hydrogens (tertiary/aromatic N) is 2. The van der Waals surface area contributed by atoms with Gasteiger partial charge in [0.25, 0.3) is 0 Å². The molecule has 1 aromatic heterocycles. The summed E-state index contributed by atoms with van der Waals surface area (Å²) in [5, 5.41) is 9.52. The minimum Gasteiger partial charge on any atom is -0.353 e. The van der Waals surface area contributed by atoms with Gasteiger partial charge in [0.05, 0.1) is 12.1 Å². The van der Waals surface area contributed by atoms with Gasteiger partial charge in [-0.1, -0.05) is 41.6 Å². The van der Waals surface area contributed by atoms with Crippen molar-refractivity contribution in [2.75, 3.05) is 5.32 Å². The van der Waals surface area contributed by atoms with Crippen LogP contribution in [0, 0.1) is 0 Å². The lowest BCUT2D eigenvalue weighted by molar-refractivity contribution is -0.137. The summed E-state index contributed by atoms with van der Waals surface area (Å²) in [6.07, 6.45) is -4.41. The average molecular weight is 378 g/mol. The Morgan fingerprint density at radius 1 is 1.08 bits per heavy atom. The topological polar surface area (TPSA) is 63.0 Å². The highest BCUT2D eigenvalue weighted by Crippen LogP contribution is 2.30. The highest BCUT2D eigenvalue weighted by molar-refractivity contribution is 7.80. The first-order chi connectivity index (χ1) is 12.4. The van der Waals surface area contributed by atoms with Crippen LogP contribution in [0.1, 0.15) is 11.5 Å². The fourth-order valence-electron chi connectivity index (χ4n) is 2.14. The van der Waals surface area contributed by atoms with E-state index in [0.29, 0.717) is 11.7 Å². The van der Waals surface area contributed by atoms with Crippen LogP contribution in [-0.2, 0) is 12.7 Å². The van der Waals surface area contributed by atoms with Crippen LogP contribution in [0.5, 0.6) is 0 Å². The highest BCUT2D eigenvalue weighted by Gasteiger charge is 2.30. The fraction of sp³-hybridized carbons (Fsp3) is 0.118. The second-order valence-electron chi connectivity index (χ2n) is 5.26. The Kier molecular flexibility index (Phi) is 5.17. The van der Waals surface area contributed by atoms with Gasteiger partial charge in [0.1, 0.15) is 0 Å². The number of benzene rings is 2. The Morgan fingerprint density at radius 3 is 2.58 bits per heavy atom. The van der Waals surface area contributed by atoms with Crippen LogP contribution in [0.2, 0.25) is 0 Å². The van der Waals surface area contributed by atoms with Crippen LogP contribution in [0.15, 0.2) is 59.1 Å². The van der Waals surface area contributed by atoms with E-state index in [0.717, 1.165) is 17.7 Å². The molecule has 0 fully saturated rings. The second kappa shape index (κ2) is 7.52. The Bertz CT molecular complexity index is 896. The summed E-state index contributed by atoms with van der Waals surface area (Å²) in [6, 6.07) is 14.1. The van der Waals surface area contributed by atoms with Gasteiger partial charge in [-0.3, -0.25) is 0 Å². The molecule has 5 nitrogen and oxygen atoms in total. The maximum atomic E-state index is 12.7. The molecule has 0 bridgehead atoms. The molecule has 0 aliphatic heterocycles. The second-order valence-corrected chi connectivity index (χ2v) is 5.67. The molecule has 0 saturated carbocycles. The lowest BCUT2D eigenvalue weighted by Gasteiger charge is -2.11. The van der Waals surface area contributed by atoms with E-state index in [4.69, 9.17) is 16.7 Å². The number of anilines is 1. The van der Waals surface area contributed by atoms with E-state index < -0.39 is 11.7 Å². The first-order valence-corrected chi connectivity index (χ1v) is 7.93. The monoisotopic (exact) mass is 378 g/mol. The zero-order valence-corrected chi connectivity index (χ0v) is 14.1. The molecule has 0 amide bonds. The summed E-state index contributed by atoms with van der Waals surface area (Å²) >= 11 is 5.08. The number of thiocarbonyl (C=S) groups is 1. The number of rotatable bonds is 4. The zero-order chi connectivity index (χ0) is 18.6. The summed E-state index contributed by atoms with van der Waals surface area (Å²) < 4.78 is 43.3. The quantitative estimate of drug-likeness (QED) is 0.662. The van der Waals surface area contributed by atoms with Crippen LogP contribution in [0.3, 0.4) is 0 Å².